The molecule has 158 valence electrons. The summed E-state index contributed by atoms with van der Waals surface area (Å²) in [6.45, 7) is 0.774. The van der Waals surface area contributed by atoms with Gasteiger partial charge in [-0.2, -0.15) is 5.10 Å². The van der Waals surface area contributed by atoms with E-state index in [1.54, 1.807) is 18.3 Å². The molecule has 0 aliphatic carbocycles. The minimum Gasteiger partial charge on any atom is -0.488 e. The predicted octanol–water partition coefficient (Wildman–Crippen LogP) is 4.32. The summed E-state index contributed by atoms with van der Waals surface area (Å²) in [4.78, 5) is 12.0. The highest BCUT2D eigenvalue weighted by Crippen LogP contribution is 2.34. The number of rotatable bonds is 8. The fourth-order valence-electron chi connectivity index (χ4n) is 2.86. The Morgan fingerprint density at radius 3 is 2.74 bits per heavy atom. The van der Waals surface area contributed by atoms with E-state index in [1.807, 2.05) is 54.6 Å². The third kappa shape index (κ3) is 5.76. The van der Waals surface area contributed by atoms with Gasteiger partial charge >= 0.3 is 0 Å². The van der Waals surface area contributed by atoms with Crippen molar-refractivity contribution in [1.82, 2.24) is 5.43 Å². The van der Waals surface area contributed by atoms with Gasteiger partial charge in [-0.25, -0.2) is 5.43 Å². The Hall–Kier alpha value is -3.52. The average molecular weight is 482 g/mol. The van der Waals surface area contributed by atoms with Crippen LogP contribution < -0.4 is 25.0 Å². The molecule has 7 nitrogen and oxygen atoms in total. The van der Waals surface area contributed by atoms with Crippen molar-refractivity contribution in [2.45, 2.75) is 6.61 Å². The molecular formula is C23H20BrN3O4. The molecule has 2 N–H and O–H groups in total. The standard InChI is InChI=1S/C23H20BrN3O4/c24-19-10-17(6-8-20(19)29-14-16-4-2-1-3-5-16)12-26-27-23(28)13-25-18-7-9-21-22(11-18)31-15-30-21/h1-12,25H,13-15H2,(H,27,28)/b26-12-. The van der Waals surface area contributed by atoms with E-state index in [2.05, 4.69) is 31.8 Å². The topological polar surface area (TPSA) is 81.2 Å². The average Bonchev–Trinajstić information content (AvgIpc) is 3.26. The molecule has 0 bridgehead atoms. The van der Waals surface area contributed by atoms with Crippen molar-refractivity contribution in [2.75, 3.05) is 18.7 Å². The summed E-state index contributed by atoms with van der Waals surface area (Å²) in [5.74, 6) is 1.82. The van der Waals surface area contributed by atoms with Crippen LogP contribution in [-0.2, 0) is 11.4 Å². The summed E-state index contributed by atoms with van der Waals surface area (Å²) in [6, 6.07) is 21.0. The molecule has 1 aliphatic heterocycles. The number of hydrazone groups is 1. The molecule has 0 atom stereocenters. The van der Waals surface area contributed by atoms with E-state index in [4.69, 9.17) is 14.2 Å². The smallest absolute Gasteiger partial charge is 0.259 e. The van der Waals surface area contributed by atoms with Gasteiger partial charge in [0, 0.05) is 11.8 Å². The Labute approximate surface area is 188 Å². The number of carbonyl (C=O) groups excluding carboxylic acids is 1. The van der Waals surface area contributed by atoms with Crippen LogP contribution in [0.2, 0.25) is 0 Å². The van der Waals surface area contributed by atoms with Gasteiger partial charge in [-0.3, -0.25) is 4.79 Å². The summed E-state index contributed by atoms with van der Waals surface area (Å²) in [5, 5.41) is 7.03. The minimum atomic E-state index is -0.268. The fraction of sp³-hybridized carbons (Fsp3) is 0.130. The van der Waals surface area contributed by atoms with Gasteiger partial charge < -0.3 is 19.5 Å². The van der Waals surface area contributed by atoms with Crippen LogP contribution in [0, 0.1) is 0 Å². The van der Waals surface area contributed by atoms with Gasteiger partial charge in [-0.05, 0) is 57.4 Å². The van der Waals surface area contributed by atoms with Gasteiger partial charge in [0.1, 0.15) is 12.4 Å². The van der Waals surface area contributed by atoms with E-state index >= 15 is 0 Å². The van der Waals surface area contributed by atoms with Crippen molar-refractivity contribution in [3.63, 3.8) is 0 Å². The zero-order chi connectivity index (χ0) is 21.5. The summed E-state index contributed by atoms with van der Waals surface area (Å²) < 4.78 is 17.2. The highest BCUT2D eigenvalue weighted by Gasteiger charge is 2.13. The Balaban J connectivity index is 1.24. The second-order valence-electron chi connectivity index (χ2n) is 6.68. The zero-order valence-corrected chi connectivity index (χ0v) is 18.1. The summed E-state index contributed by atoms with van der Waals surface area (Å²) in [5.41, 5.74) is 5.18. The van der Waals surface area contributed by atoms with E-state index in [0.717, 1.165) is 27.0 Å². The highest BCUT2D eigenvalue weighted by atomic mass is 79.9. The van der Waals surface area contributed by atoms with Crippen LogP contribution >= 0.6 is 15.9 Å². The predicted molar refractivity (Wildman–Crippen MR) is 122 cm³/mol. The van der Waals surface area contributed by atoms with E-state index in [9.17, 15) is 4.79 Å². The Morgan fingerprint density at radius 1 is 1.06 bits per heavy atom. The minimum absolute atomic E-state index is 0.0763. The lowest BCUT2D eigenvalue weighted by atomic mass is 10.2. The maximum atomic E-state index is 12.0. The first-order chi connectivity index (χ1) is 15.2. The van der Waals surface area contributed by atoms with E-state index in [1.165, 1.54) is 0 Å². The lowest BCUT2D eigenvalue weighted by Crippen LogP contribution is -2.25. The van der Waals surface area contributed by atoms with Crippen molar-refractivity contribution in [1.29, 1.82) is 0 Å². The van der Waals surface area contributed by atoms with Crippen LogP contribution in [0.4, 0.5) is 5.69 Å². The van der Waals surface area contributed by atoms with Crippen molar-refractivity contribution in [3.8, 4) is 17.2 Å². The van der Waals surface area contributed by atoms with Gasteiger partial charge in [0.05, 0.1) is 17.2 Å². The summed E-state index contributed by atoms with van der Waals surface area (Å²) >= 11 is 3.51. The lowest BCUT2D eigenvalue weighted by Gasteiger charge is -2.09. The van der Waals surface area contributed by atoms with Crippen molar-refractivity contribution < 1.29 is 19.0 Å². The molecule has 31 heavy (non-hydrogen) atoms. The summed E-state index contributed by atoms with van der Waals surface area (Å²) in [7, 11) is 0. The maximum Gasteiger partial charge on any atom is 0.259 e. The van der Waals surface area contributed by atoms with Crippen LogP contribution in [-0.4, -0.2) is 25.5 Å². The number of nitrogens with zero attached hydrogens (tertiary/aromatic N) is 1. The lowest BCUT2D eigenvalue weighted by molar-refractivity contribution is -0.119. The molecule has 0 fully saturated rings. The molecule has 0 radical (unpaired) electrons. The number of benzene rings is 3. The monoisotopic (exact) mass is 481 g/mol. The molecule has 1 heterocycles. The second kappa shape index (κ2) is 9.99. The first-order valence-electron chi connectivity index (χ1n) is 9.59. The number of halogens is 1. The molecule has 3 aromatic carbocycles. The zero-order valence-electron chi connectivity index (χ0n) is 16.5. The largest absolute Gasteiger partial charge is 0.488 e. The van der Waals surface area contributed by atoms with Crippen LogP contribution in [0.25, 0.3) is 0 Å². The number of amides is 1. The van der Waals surface area contributed by atoms with Crippen molar-refractivity contribution >= 4 is 33.7 Å². The van der Waals surface area contributed by atoms with Gasteiger partial charge in [0.25, 0.3) is 5.91 Å². The van der Waals surface area contributed by atoms with Gasteiger partial charge in [-0.15, -0.1) is 0 Å². The third-order valence-corrected chi connectivity index (χ3v) is 5.04. The summed E-state index contributed by atoms with van der Waals surface area (Å²) in [6.07, 6.45) is 1.57. The molecule has 1 amide bonds. The number of fused-ring (bicyclic) bond motifs is 1. The fourth-order valence-corrected chi connectivity index (χ4v) is 3.37. The van der Waals surface area contributed by atoms with Crippen LogP contribution in [0.5, 0.6) is 17.2 Å². The Morgan fingerprint density at radius 2 is 1.90 bits per heavy atom. The number of hydrogen-bond acceptors (Lipinski definition) is 6. The molecule has 0 aromatic heterocycles. The van der Waals surface area contributed by atoms with E-state index < -0.39 is 0 Å². The molecule has 3 aromatic rings. The van der Waals surface area contributed by atoms with Crippen LogP contribution in [0.1, 0.15) is 11.1 Å². The highest BCUT2D eigenvalue weighted by molar-refractivity contribution is 9.10. The van der Waals surface area contributed by atoms with Gasteiger partial charge in [0.15, 0.2) is 11.5 Å². The SMILES string of the molecule is O=C(CNc1ccc2c(c1)OCO2)N/N=C\c1ccc(OCc2ccccc2)c(Br)c1. The molecule has 8 heteroatoms. The molecule has 0 unspecified atom stereocenters. The molecule has 0 spiro atoms. The molecule has 0 saturated heterocycles. The Kier molecular flexibility index (Phi) is 6.68. The number of hydrogen-bond donors (Lipinski definition) is 2. The normalized spacial score (nSPS) is 12.0. The third-order valence-electron chi connectivity index (χ3n) is 4.42. The van der Waals surface area contributed by atoms with Crippen molar-refractivity contribution in [2.24, 2.45) is 5.10 Å². The van der Waals surface area contributed by atoms with Crippen LogP contribution in [0.3, 0.4) is 0 Å². The quantitative estimate of drug-likeness (QED) is 0.369. The van der Waals surface area contributed by atoms with E-state index in [-0.39, 0.29) is 19.2 Å². The van der Waals surface area contributed by atoms with Gasteiger partial charge in [-0.1, -0.05) is 30.3 Å². The van der Waals surface area contributed by atoms with Gasteiger partial charge in [0.2, 0.25) is 6.79 Å². The molecule has 0 saturated carbocycles. The second-order valence-corrected chi connectivity index (χ2v) is 7.53. The number of nitrogens with one attached hydrogen (secondary N) is 2. The Bertz CT molecular complexity index is 1090. The molecule has 4 rings (SSSR count). The number of ether oxygens (including phenoxy) is 3. The first kappa shape index (κ1) is 20.7. The molecule has 1 aliphatic rings. The first-order valence-corrected chi connectivity index (χ1v) is 10.4. The number of carbonyl (C=O) groups is 1. The van der Waals surface area contributed by atoms with Crippen LogP contribution in [0.15, 0.2) is 76.3 Å². The maximum absolute atomic E-state index is 12.0. The molecular weight excluding hydrogens is 462 g/mol. The number of anilines is 1. The van der Waals surface area contributed by atoms with E-state index in [0.29, 0.717) is 18.1 Å². The van der Waals surface area contributed by atoms with Crippen molar-refractivity contribution in [3.05, 3.63) is 82.3 Å².